The van der Waals surface area contributed by atoms with E-state index in [2.05, 4.69) is 5.32 Å². The molecule has 19 heavy (non-hydrogen) atoms. The number of anilines is 1. The van der Waals surface area contributed by atoms with Crippen LogP contribution in [0.15, 0.2) is 24.3 Å². The van der Waals surface area contributed by atoms with Crippen LogP contribution in [-0.4, -0.2) is 33.9 Å². The molecule has 0 heterocycles. The van der Waals surface area contributed by atoms with E-state index in [0.29, 0.717) is 5.69 Å². The van der Waals surface area contributed by atoms with E-state index in [1.807, 2.05) is 0 Å². The number of carbonyl (C=O) groups excluding carboxylic acids is 2. The van der Waals surface area contributed by atoms with Crippen molar-refractivity contribution in [1.82, 2.24) is 0 Å². The van der Waals surface area contributed by atoms with Crippen molar-refractivity contribution >= 4 is 35.2 Å². The predicted molar refractivity (Wildman–Crippen MR) is 73.1 cm³/mol. The van der Waals surface area contributed by atoms with Crippen LogP contribution in [0.25, 0.3) is 0 Å². The van der Waals surface area contributed by atoms with Gasteiger partial charge >= 0.3 is 5.97 Å². The molecule has 1 unspecified atom stereocenters. The Morgan fingerprint density at radius 1 is 1.37 bits per heavy atom. The summed E-state index contributed by atoms with van der Waals surface area (Å²) in [4.78, 5) is 33.4. The summed E-state index contributed by atoms with van der Waals surface area (Å²) in [6.45, 7) is 1.50. The Hall–Kier alpha value is -2.02. The number of thioether (sulfide) groups is 1. The van der Waals surface area contributed by atoms with Crippen LogP contribution in [0.5, 0.6) is 0 Å². The Kier molecular flexibility index (Phi) is 5.37. The Bertz CT molecular complexity index is 504. The maximum absolute atomic E-state index is 11.6. The molecule has 0 radical (unpaired) electrons. The third-order valence-electron chi connectivity index (χ3n) is 2.28. The number of benzene rings is 1. The van der Waals surface area contributed by atoms with Crippen LogP contribution in [0.4, 0.5) is 5.69 Å². The van der Waals surface area contributed by atoms with E-state index < -0.39 is 17.1 Å². The number of hydrogen-bond donors (Lipinski definition) is 3. The molecule has 6 nitrogen and oxygen atoms in total. The van der Waals surface area contributed by atoms with Crippen molar-refractivity contribution in [3.05, 3.63) is 29.8 Å². The van der Waals surface area contributed by atoms with Crippen LogP contribution in [0.2, 0.25) is 0 Å². The summed E-state index contributed by atoms with van der Waals surface area (Å²) in [5.74, 6) is -2.01. The summed E-state index contributed by atoms with van der Waals surface area (Å²) in [6, 6.07) is 6.36. The minimum atomic E-state index is -0.977. The molecule has 1 atom stereocenters. The Balaban J connectivity index is 2.63. The van der Waals surface area contributed by atoms with Crippen molar-refractivity contribution in [2.24, 2.45) is 5.73 Å². The topological polar surface area (TPSA) is 109 Å². The minimum Gasteiger partial charge on any atom is -0.480 e. The Labute approximate surface area is 114 Å². The molecule has 7 heteroatoms. The number of hydrogen-bond acceptors (Lipinski definition) is 4. The Morgan fingerprint density at radius 3 is 2.58 bits per heavy atom. The van der Waals surface area contributed by atoms with Gasteiger partial charge in [0.25, 0.3) is 5.91 Å². The van der Waals surface area contributed by atoms with Gasteiger partial charge in [0.2, 0.25) is 5.91 Å². The molecule has 0 aliphatic heterocycles. The molecule has 0 aliphatic carbocycles. The van der Waals surface area contributed by atoms with Gasteiger partial charge in [-0.05, 0) is 19.1 Å². The quantitative estimate of drug-likeness (QED) is 0.719. The average Bonchev–Trinajstić information content (AvgIpc) is 2.36. The largest absolute Gasteiger partial charge is 0.480 e. The zero-order chi connectivity index (χ0) is 14.4. The van der Waals surface area contributed by atoms with E-state index in [4.69, 9.17) is 10.8 Å². The van der Waals surface area contributed by atoms with E-state index in [-0.39, 0.29) is 17.2 Å². The van der Waals surface area contributed by atoms with Gasteiger partial charge in [0.1, 0.15) is 0 Å². The van der Waals surface area contributed by atoms with Gasteiger partial charge in [0, 0.05) is 0 Å². The number of carbonyl (C=O) groups is 3. The molecule has 0 saturated heterocycles. The lowest BCUT2D eigenvalue weighted by molar-refractivity contribution is -0.136. The molecule has 0 aliphatic rings. The number of para-hydroxylation sites is 1. The molecule has 0 fully saturated rings. The number of primary amides is 1. The number of amides is 2. The van der Waals surface area contributed by atoms with E-state index in [0.717, 1.165) is 11.8 Å². The van der Waals surface area contributed by atoms with Crippen molar-refractivity contribution in [1.29, 1.82) is 0 Å². The highest BCUT2D eigenvalue weighted by Gasteiger charge is 2.15. The molecule has 0 spiro atoms. The predicted octanol–water partition coefficient (Wildman–Crippen LogP) is 0.930. The zero-order valence-corrected chi connectivity index (χ0v) is 11.1. The van der Waals surface area contributed by atoms with Crippen LogP contribution in [0, 0.1) is 0 Å². The summed E-state index contributed by atoms with van der Waals surface area (Å²) < 4.78 is 0. The first-order valence-corrected chi connectivity index (χ1v) is 6.49. The fourth-order valence-electron chi connectivity index (χ4n) is 1.27. The number of carboxylic acid groups (broad SMARTS) is 1. The summed E-state index contributed by atoms with van der Waals surface area (Å²) in [7, 11) is 0. The fraction of sp³-hybridized carbons (Fsp3) is 0.250. The van der Waals surface area contributed by atoms with Gasteiger partial charge in [-0.25, -0.2) is 0 Å². The summed E-state index contributed by atoms with van der Waals surface area (Å²) in [6.07, 6.45) is 0. The van der Waals surface area contributed by atoms with Gasteiger partial charge < -0.3 is 16.2 Å². The van der Waals surface area contributed by atoms with Crippen molar-refractivity contribution in [2.45, 2.75) is 12.2 Å². The average molecular weight is 282 g/mol. The third kappa shape index (κ3) is 4.63. The van der Waals surface area contributed by atoms with Crippen molar-refractivity contribution < 1.29 is 19.5 Å². The summed E-state index contributed by atoms with van der Waals surface area (Å²) >= 11 is 0.998. The number of nitrogens with one attached hydrogen (secondary N) is 1. The van der Waals surface area contributed by atoms with Crippen LogP contribution in [-0.2, 0) is 9.59 Å². The van der Waals surface area contributed by atoms with Gasteiger partial charge in [-0.1, -0.05) is 12.1 Å². The van der Waals surface area contributed by atoms with Gasteiger partial charge in [-0.3, -0.25) is 14.4 Å². The van der Waals surface area contributed by atoms with Crippen molar-refractivity contribution in [2.75, 3.05) is 11.1 Å². The second kappa shape index (κ2) is 6.79. The lowest BCUT2D eigenvalue weighted by Gasteiger charge is -2.09. The van der Waals surface area contributed by atoms with Crippen LogP contribution < -0.4 is 11.1 Å². The number of rotatable bonds is 6. The minimum absolute atomic E-state index is 0.0133. The molecule has 0 saturated carbocycles. The molecule has 2 amide bonds. The first kappa shape index (κ1) is 15.0. The standard InChI is InChI=1S/C12H14N2O4S/c1-7(12(17)18)19-6-10(15)14-9-5-3-2-4-8(9)11(13)16/h2-5,7H,6H2,1H3,(H2,13,16)(H,14,15)(H,17,18). The highest BCUT2D eigenvalue weighted by Crippen LogP contribution is 2.16. The smallest absolute Gasteiger partial charge is 0.316 e. The second-order valence-electron chi connectivity index (χ2n) is 3.75. The molecular formula is C12H14N2O4S. The molecule has 1 aromatic carbocycles. The molecular weight excluding hydrogens is 268 g/mol. The van der Waals surface area contributed by atoms with E-state index in [1.54, 1.807) is 18.2 Å². The fourth-order valence-corrected chi connectivity index (χ4v) is 1.88. The van der Waals surface area contributed by atoms with Crippen molar-refractivity contribution in [3.63, 3.8) is 0 Å². The molecule has 4 N–H and O–H groups in total. The monoisotopic (exact) mass is 282 g/mol. The summed E-state index contributed by atoms with van der Waals surface area (Å²) in [5.41, 5.74) is 5.72. The number of carboxylic acids is 1. The van der Waals surface area contributed by atoms with Gasteiger partial charge in [-0.2, -0.15) is 0 Å². The van der Waals surface area contributed by atoms with E-state index >= 15 is 0 Å². The van der Waals surface area contributed by atoms with Gasteiger partial charge in [0.05, 0.1) is 22.3 Å². The van der Waals surface area contributed by atoms with E-state index in [9.17, 15) is 14.4 Å². The van der Waals surface area contributed by atoms with Crippen molar-refractivity contribution in [3.8, 4) is 0 Å². The van der Waals surface area contributed by atoms with E-state index in [1.165, 1.54) is 13.0 Å². The maximum atomic E-state index is 11.6. The maximum Gasteiger partial charge on any atom is 0.316 e. The van der Waals surface area contributed by atoms with Crippen LogP contribution in [0.3, 0.4) is 0 Å². The third-order valence-corrected chi connectivity index (χ3v) is 3.41. The molecule has 1 rings (SSSR count). The second-order valence-corrected chi connectivity index (χ2v) is 5.08. The van der Waals surface area contributed by atoms with Crippen LogP contribution in [0.1, 0.15) is 17.3 Å². The molecule has 1 aromatic rings. The number of aliphatic carboxylic acids is 1. The molecule has 0 bridgehead atoms. The zero-order valence-electron chi connectivity index (χ0n) is 10.3. The normalized spacial score (nSPS) is 11.6. The SMILES string of the molecule is CC(SCC(=O)Nc1ccccc1C(N)=O)C(=O)O. The number of nitrogens with two attached hydrogens (primary N) is 1. The molecule has 102 valence electrons. The van der Waals surface area contributed by atoms with Gasteiger partial charge in [-0.15, -0.1) is 11.8 Å². The first-order chi connectivity index (χ1) is 8.91. The van der Waals surface area contributed by atoms with Gasteiger partial charge in [0.15, 0.2) is 0 Å². The lowest BCUT2D eigenvalue weighted by Crippen LogP contribution is -2.21. The Morgan fingerprint density at radius 2 is 2.00 bits per heavy atom. The highest BCUT2D eigenvalue weighted by molar-refractivity contribution is 8.01. The lowest BCUT2D eigenvalue weighted by atomic mass is 10.1. The molecule has 0 aromatic heterocycles. The highest BCUT2D eigenvalue weighted by atomic mass is 32.2. The van der Waals surface area contributed by atoms with Crippen LogP contribution >= 0.6 is 11.8 Å². The summed E-state index contributed by atoms with van der Waals surface area (Å²) in [5, 5.41) is 10.6. The first-order valence-electron chi connectivity index (χ1n) is 5.45.